The molecule has 0 unspecified atom stereocenters. The number of aryl methyl sites for hydroxylation is 4. The minimum atomic E-state index is -0.250. The van der Waals surface area contributed by atoms with E-state index in [-0.39, 0.29) is 11.4 Å². The zero-order valence-corrected chi connectivity index (χ0v) is 19.8. The molecule has 3 heterocycles. The third-order valence-corrected chi connectivity index (χ3v) is 7.84. The molecule has 1 atom stereocenters. The number of likely N-dealkylation sites (N-methyl/N-ethyl adjacent to an activating group) is 1. The van der Waals surface area contributed by atoms with Crippen molar-refractivity contribution in [2.75, 3.05) is 13.6 Å². The summed E-state index contributed by atoms with van der Waals surface area (Å²) < 4.78 is 17.0. The molecule has 0 bridgehead atoms. The normalized spacial score (nSPS) is 15.9. The topological polar surface area (TPSA) is 56.0 Å². The zero-order valence-electron chi connectivity index (χ0n) is 19.0. The molecule has 0 radical (unpaired) electrons. The summed E-state index contributed by atoms with van der Waals surface area (Å²) in [5.41, 5.74) is 3.35. The van der Waals surface area contributed by atoms with Crippen LogP contribution in [0.15, 0.2) is 47.8 Å². The first-order valence-corrected chi connectivity index (χ1v) is 12.2. The molecule has 0 N–H and O–H groups in total. The van der Waals surface area contributed by atoms with E-state index in [2.05, 4.69) is 28.2 Å². The Labute approximate surface area is 196 Å². The van der Waals surface area contributed by atoms with Crippen LogP contribution in [-0.2, 0) is 39.3 Å². The summed E-state index contributed by atoms with van der Waals surface area (Å²) in [5.74, 6) is -0.250. The van der Waals surface area contributed by atoms with Crippen molar-refractivity contribution in [1.29, 1.82) is 0 Å². The number of benzene rings is 1. The molecule has 0 amide bonds. The number of fused-ring (bicyclic) bond motifs is 3. The Morgan fingerprint density at radius 2 is 2.15 bits per heavy atom. The number of halogens is 1. The Bertz CT molecular complexity index is 1340. The summed E-state index contributed by atoms with van der Waals surface area (Å²) in [6, 6.07) is 7.02. The van der Waals surface area contributed by atoms with Gasteiger partial charge in [0, 0.05) is 37.3 Å². The van der Waals surface area contributed by atoms with Crippen LogP contribution in [-0.4, -0.2) is 43.9 Å². The Kier molecular flexibility index (Phi) is 6.12. The Morgan fingerprint density at radius 3 is 2.94 bits per heavy atom. The number of hydrogen-bond donors (Lipinski definition) is 0. The summed E-state index contributed by atoms with van der Waals surface area (Å²) >= 11 is 1.66. The van der Waals surface area contributed by atoms with Gasteiger partial charge in [-0.25, -0.2) is 9.37 Å². The average Bonchev–Trinajstić information content (AvgIpc) is 3.39. The highest BCUT2D eigenvalue weighted by Gasteiger charge is 2.27. The van der Waals surface area contributed by atoms with Gasteiger partial charge in [-0.15, -0.1) is 11.3 Å². The van der Waals surface area contributed by atoms with Gasteiger partial charge in [0.25, 0.3) is 5.56 Å². The van der Waals surface area contributed by atoms with Gasteiger partial charge in [0.1, 0.15) is 10.6 Å². The van der Waals surface area contributed by atoms with E-state index >= 15 is 0 Å². The minimum absolute atomic E-state index is 0.0253. The van der Waals surface area contributed by atoms with Crippen LogP contribution in [0, 0.1) is 5.82 Å². The maximum atomic E-state index is 13.5. The van der Waals surface area contributed by atoms with Crippen LogP contribution in [0.2, 0.25) is 0 Å². The maximum absolute atomic E-state index is 13.5. The van der Waals surface area contributed by atoms with Gasteiger partial charge in [-0.05, 0) is 68.0 Å². The van der Waals surface area contributed by atoms with Crippen LogP contribution >= 0.6 is 11.3 Å². The van der Waals surface area contributed by atoms with E-state index in [4.69, 9.17) is 0 Å². The predicted octanol–water partition coefficient (Wildman–Crippen LogP) is 3.61. The summed E-state index contributed by atoms with van der Waals surface area (Å²) in [4.78, 5) is 22.4. The number of hydrogen-bond acceptors (Lipinski definition) is 5. The molecule has 3 aromatic heterocycles. The van der Waals surface area contributed by atoms with Gasteiger partial charge in [-0.2, -0.15) is 5.10 Å². The second-order valence-corrected chi connectivity index (χ2v) is 10.0. The highest BCUT2D eigenvalue weighted by molar-refractivity contribution is 7.18. The first kappa shape index (κ1) is 22.0. The van der Waals surface area contributed by atoms with Crippen molar-refractivity contribution in [3.63, 3.8) is 0 Å². The summed E-state index contributed by atoms with van der Waals surface area (Å²) in [6.45, 7) is 1.48. The number of aromatic nitrogens is 4. The lowest BCUT2D eigenvalue weighted by Gasteiger charge is -2.31. The van der Waals surface area contributed by atoms with Crippen LogP contribution < -0.4 is 5.56 Å². The summed E-state index contributed by atoms with van der Waals surface area (Å²) in [6.07, 6.45) is 10.1. The van der Waals surface area contributed by atoms with Crippen LogP contribution in [0.25, 0.3) is 10.2 Å². The van der Waals surface area contributed by atoms with E-state index in [1.807, 2.05) is 24.0 Å². The Morgan fingerprint density at radius 1 is 1.27 bits per heavy atom. The SMILES string of the molecule is CN(CCc1cnn(C)c1)[C@H]1CCc2c(sc3ncn(CCc4cccc(F)c4)c(=O)c23)C1. The molecular formula is C25H28FN5OS. The Balaban J connectivity index is 1.30. The molecule has 5 rings (SSSR count). The molecule has 1 aliphatic carbocycles. The van der Waals surface area contributed by atoms with Crippen molar-refractivity contribution in [1.82, 2.24) is 24.2 Å². The minimum Gasteiger partial charge on any atom is -0.303 e. The fourth-order valence-corrected chi connectivity index (χ4v) is 6.00. The Hall–Kier alpha value is -2.84. The molecule has 4 aromatic rings. The largest absolute Gasteiger partial charge is 0.303 e. The monoisotopic (exact) mass is 465 g/mol. The van der Waals surface area contributed by atoms with Crippen molar-refractivity contribution in [3.05, 3.63) is 80.7 Å². The summed E-state index contributed by atoms with van der Waals surface area (Å²) in [7, 11) is 4.14. The van der Waals surface area contributed by atoms with Crippen LogP contribution in [0.5, 0.6) is 0 Å². The highest BCUT2D eigenvalue weighted by Crippen LogP contribution is 2.34. The third kappa shape index (κ3) is 4.63. The molecule has 6 nitrogen and oxygen atoms in total. The van der Waals surface area contributed by atoms with Gasteiger partial charge in [0.15, 0.2) is 0 Å². The van der Waals surface area contributed by atoms with Crippen molar-refractivity contribution in [2.24, 2.45) is 7.05 Å². The maximum Gasteiger partial charge on any atom is 0.262 e. The highest BCUT2D eigenvalue weighted by atomic mass is 32.1. The first-order chi connectivity index (χ1) is 16.0. The van der Waals surface area contributed by atoms with Gasteiger partial charge in [-0.3, -0.25) is 14.0 Å². The second kappa shape index (κ2) is 9.19. The van der Waals surface area contributed by atoms with E-state index in [1.54, 1.807) is 28.3 Å². The second-order valence-electron chi connectivity index (χ2n) is 8.96. The first-order valence-electron chi connectivity index (χ1n) is 11.4. The lowest BCUT2D eigenvalue weighted by molar-refractivity contribution is 0.226. The van der Waals surface area contributed by atoms with Gasteiger partial charge in [0.2, 0.25) is 0 Å². The van der Waals surface area contributed by atoms with E-state index in [0.29, 0.717) is 19.0 Å². The molecule has 0 saturated carbocycles. The van der Waals surface area contributed by atoms with Crippen molar-refractivity contribution < 1.29 is 4.39 Å². The van der Waals surface area contributed by atoms with E-state index < -0.39 is 0 Å². The zero-order chi connectivity index (χ0) is 22.9. The number of nitrogens with zero attached hydrogens (tertiary/aromatic N) is 5. The molecule has 8 heteroatoms. The van der Waals surface area contributed by atoms with Gasteiger partial charge < -0.3 is 4.90 Å². The lowest BCUT2D eigenvalue weighted by atomic mass is 9.92. The predicted molar refractivity (Wildman–Crippen MR) is 129 cm³/mol. The van der Waals surface area contributed by atoms with E-state index in [0.717, 1.165) is 48.0 Å². The van der Waals surface area contributed by atoms with Gasteiger partial charge in [-0.1, -0.05) is 12.1 Å². The standard InChI is InChI=1S/C25H28FN5OS/c1-29(10-8-18-14-28-30(2)15-18)20-6-7-21-22(13-20)33-24-23(21)25(32)31(16-27-24)11-9-17-4-3-5-19(26)12-17/h3-5,12,14-16,20H,6-11,13H2,1-2H3/t20-/m0/s1. The van der Waals surface area contributed by atoms with Crippen LogP contribution in [0.4, 0.5) is 4.39 Å². The molecular weight excluding hydrogens is 437 g/mol. The van der Waals surface area contributed by atoms with Crippen LogP contribution in [0.3, 0.4) is 0 Å². The lowest BCUT2D eigenvalue weighted by Crippen LogP contribution is -2.37. The van der Waals surface area contributed by atoms with Crippen molar-refractivity contribution >= 4 is 21.6 Å². The van der Waals surface area contributed by atoms with Crippen LogP contribution in [0.1, 0.15) is 28.0 Å². The average molecular weight is 466 g/mol. The molecule has 172 valence electrons. The third-order valence-electron chi connectivity index (χ3n) is 6.68. The molecule has 0 fully saturated rings. The molecule has 0 spiro atoms. The van der Waals surface area contributed by atoms with E-state index in [9.17, 15) is 9.18 Å². The fraction of sp³-hybridized carbons (Fsp3) is 0.400. The molecule has 0 aliphatic heterocycles. The summed E-state index contributed by atoms with van der Waals surface area (Å²) in [5, 5.41) is 5.04. The molecule has 33 heavy (non-hydrogen) atoms. The van der Waals surface area contributed by atoms with E-state index in [1.165, 1.54) is 28.1 Å². The van der Waals surface area contributed by atoms with Gasteiger partial charge >= 0.3 is 0 Å². The van der Waals surface area contributed by atoms with Gasteiger partial charge in [0.05, 0.1) is 17.9 Å². The smallest absolute Gasteiger partial charge is 0.262 e. The van der Waals surface area contributed by atoms with Crippen molar-refractivity contribution in [2.45, 2.75) is 44.7 Å². The quantitative estimate of drug-likeness (QED) is 0.419. The number of thiophene rings is 1. The molecule has 1 aliphatic rings. The fourth-order valence-electron chi connectivity index (χ4n) is 4.75. The van der Waals surface area contributed by atoms with Crippen molar-refractivity contribution in [3.8, 4) is 0 Å². The molecule has 1 aromatic carbocycles. The number of rotatable bonds is 7. The molecule has 0 saturated heterocycles.